The van der Waals surface area contributed by atoms with E-state index in [0.717, 1.165) is 25.0 Å². The molecular formula is C18H23F3N2O3. The van der Waals surface area contributed by atoms with Gasteiger partial charge in [-0.3, -0.25) is 4.79 Å². The van der Waals surface area contributed by atoms with Crippen LogP contribution in [0.1, 0.15) is 49.0 Å². The first-order valence-electron chi connectivity index (χ1n) is 8.43. The zero-order valence-corrected chi connectivity index (χ0v) is 14.8. The number of carbonyl (C=O) groups is 2. The minimum atomic E-state index is -4.42. The van der Waals surface area contributed by atoms with E-state index >= 15 is 0 Å². The van der Waals surface area contributed by atoms with Crippen molar-refractivity contribution in [3.05, 3.63) is 35.4 Å². The predicted molar refractivity (Wildman–Crippen MR) is 89.4 cm³/mol. The van der Waals surface area contributed by atoms with Crippen molar-refractivity contribution in [1.29, 1.82) is 0 Å². The summed E-state index contributed by atoms with van der Waals surface area (Å²) >= 11 is 0. The number of benzene rings is 1. The zero-order chi connectivity index (χ0) is 19.5. The third kappa shape index (κ3) is 5.37. The number of primary amides is 1. The molecule has 1 heterocycles. The van der Waals surface area contributed by atoms with Gasteiger partial charge in [-0.15, -0.1) is 0 Å². The maximum Gasteiger partial charge on any atom is 0.416 e. The van der Waals surface area contributed by atoms with Crippen LogP contribution in [-0.2, 0) is 10.9 Å². The van der Waals surface area contributed by atoms with Gasteiger partial charge in [0.15, 0.2) is 0 Å². The summed E-state index contributed by atoms with van der Waals surface area (Å²) in [5.41, 5.74) is 3.86. The zero-order valence-electron chi connectivity index (χ0n) is 14.8. The number of alkyl halides is 3. The fourth-order valence-electron chi connectivity index (χ4n) is 3.33. The van der Waals surface area contributed by atoms with E-state index in [9.17, 15) is 22.8 Å². The Bertz CT molecular complexity index is 649. The van der Waals surface area contributed by atoms with Gasteiger partial charge in [0.05, 0.1) is 5.56 Å². The molecule has 1 aliphatic heterocycles. The van der Waals surface area contributed by atoms with Crippen molar-refractivity contribution in [1.82, 2.24) is 4.90 Å². The highest BCUT2D eigenvalue weighted by atomic mass is 19.4. The highest BCUT2D eigenvalue weighted by Crippen LogP contribution is 2.31. The Kier molecular flexibility index (Phi) is 5.83. The Hall–Kier alpha value is -2.25. The molecule has 0 radical (unpaired) electrons. The molecule has 0 aliphatic carbocycles. The topological polar surface area (TPSA) is 72.6 Å². The number of ether oxygens (including phenoxy) is 1. The van der Waals surface area contributed by atoms with Crippen LogP contribution < -0.4 is 5.73 Å². The molecule has 2 N–H and O–H groups in total. The molecule has 26 heavy (non-hydrogen) atoms. The number of halogens is 3. The van der Waals surface area contributed by atoms with E-state index in [4.69, 9.17) is 10.5 Å². The number of hydrogen-bond donors (Lipinski definition) is 1. The lowest BCUT2D eigenvalue weighted by Gasteiger charge is -2.35. The fraction of sp³-hybridized carbons (Fsp3) is 0.556. The number of nitrogens with two attached hydrogens (primary N) is 1. The van der Waals surface area contributed by atoms with E-state index in [0.29, 0.717) is 19.5 Å². The molecule has 5 nitrogen and oxygen atoms in total. The third-order valence-electron chi connectivity index (χ3n) is 4.52. The van der Waals surface area contributed by atoms with Gasteiger partial charge < -0.3 is 15.4 Å². The molecule has 0 bridgehead atoms. The monoisotopic (exact) mass is 372 g/mol. The first-order valence-corrected chi connectivity index (χ1v) is 8.43. The second-order valence-electron chi connectivity index (χ2n) is 7.20. The summed E-state index contributed by atoms with van der Waals surface area (Å²) in [5, 5.41) is 0. The van der Waals surface area contributed by atoms with E-state index in [1.54, 1.807) is 18.7 Å². The van der Waals surface area contributed by atoms with Gasteiger partial charge in [-0.1, -0.05) is 0 Å². The Morgan fingerprint density at radius 1 is 1.15 bits per heavy atom. The average molecular weight is 372 g/mol. The van der Waals surface area contributed by atoms with Crippen LogP contribution in [0.5, 0.6) is 0 Å². The van der Waals surface area contributed by atoms with Crippen LogP contribution in [-0.4, -0.2) is 35.6 Å². The molecule has 1 aromatic carbocycles. The summed E-state index contributed by atoms with van der Waals surface area (Å²) in [6.45, 7) is 4.60. The van der Waals surface area contributed by atoms with Crippen LogP contribution >= 0.6 is 0 Å². The first kappa shape index (κ1) is 20.1. The van der Waals surface area contributed by atoms with Crippen LogP contribution in [0.25, 0.3) is 0 Å². The quantitative estimate of drug-likeness (QED) is 0.873. The molecule has 1 aliphatic rings. The maximum absolute atomic E-state index is 12.6. The molecule has 2 amide bonds. The summed E-state index contributed by atoms with van der Waals surface area (Å²) in [4.78, 5) is 25.0. The van der Waals surface area contributed by atoms with Gasteiger partial charge in [0, 0.05) is 18.7 Å². The number of amides is 2. The van der Waals surface area contributed by atoms with Gasteiger partial charge in [0.25, 0.3) is 5.91 Å². The lowest BCUT2D eigenvalue weighted by molar-refractivity contribution is -0.137. The number of piperidine rings is 1. The molecule has 0 aromatic heterocycles. The minimum Gasteiger partial charge on any atom is -0.444 e. The molecule has 0 unspecified atom stereocenters. The molecule has 1 saturated heterocycles. The summed E-state index contributed by atoms with van der Waals surface area (Å²) in [6, 6.07) is 4.26. The van der Waals surface area contributed by atoms with Gasteiger partial charge >= 0.3 is 12.3 Å². The summed E-state index contributed by atoms with van der Waals surface area (Å²) in [6.07, 6.45) is -3.13. The molecular weight excluding hydrogens is 349 g/mol. The largest absolute Gasteiger partial charge is 0.444 e. The van der Waals surface area contributed by atoms with Crippen molar-refractivity contribution >= 4 is 12.0 Å². The molecule has 144 valence electrons. The number of carbonyl (C=O) groups excluding carboxylic acids is 2. The van der Waals surface area contributed by atoms with E-state index in [2.05, 4.69) is 0 Å². The molecule has 2 rings (SSSR count). The van der Waals surface area contributed by atoms with Gasteiger partial charge in [-0.25, -0.2) is 4.79 Å². The molecule has 0 saturated carbocycles. The molecule has 1 aromatic rings. The average Bonchev–Trinajstić information content (AvgIpc) is 2.52. The van der Waals surface area contributed by atoms with Crippen LogP contribution in [0.2, 0.25) is 0 Å². The second kappa shape index (κ2) is 7.55. The van der Waals surface area contributed by atoms with Crippen LogP contribution in [0, 0.1) is 5.92 Å². The van der Waals surface area contributed by atoms with Crippen molar-refractivity contribution in [3.8, 4) is 0 Å². The second-order valence-corrected chi connectivity index (χ2v) is 7.20. The molecule has 0 atom stereocenters. The van der Waals surface area contributed by atoms with Crippen molar-refractivity contribution < 1.29 is 27.5 Å². The lowest BCUT2D eigenvalue weighted by Crippen LogP contribution is -2.41. The maximum atomic E-state index is 12.6. The highest BCUT2D eigenvalue weighted by molar-refractivity contribution is 5.94. The Morgan fingerprint density at radius 2 is 1.69 bits per heavy atom. The highest BCUT2D eigenvalue weighted by Gasteiger charge is 2.32. The van der Waals surface area contributed by atoms with Crippen molar-refractivity contribution in [2.45, 2.75) is 44.9 Å². The third-order valence-corrected chi connectivity index (χ3v) is 4.52. The normalized spacial score (nSPS) is 16.4. The predicted octanol–water partition coefficient (Wildman–Crippen LogP) is 3.82. The summed E-state index contributed by atoms with van der Waals surface area (Å²) in [5.74, 6) is 0.00539. The van der Waals surface area contributed by atoms with Crippen LogP contribution in [0.15, 0.2) is 24.3 Å². The Labute approximate surface area is 150 Å². The Morgan fingerprint density at radius 3 is 2.15 bits per heavy atom. The van der Waals surface area contributed by atoms with Crippen molar-refractivity contribution in [3.63, 3.8) is 0 Å². The van der Waals surface area contributed by atoms with Gasteiger partial charge in [-0.05, 0) is 63.3 Å². The van der Waals surface area contributed by atoms with Gasteiger partial charge in [0.2, 0.25) is 0 Å². The Balaban J connectivity index is 1.91. The van der Waals surface area contributed by atoms with E-state index in [1.165, 1.54) is 12.1 Å². The van der Waals surface area contributed by atoms with Gasteiger partial charge in [-0.2, -0.15) is 13.2 Å². The first-order chi connectivity index (χ1) is 12.0. The fourth-order valence-corrected chi connectivity index (χ4v) is 3.33. The summed E-state index contributed by atoms with van der Waals surface area (Å²) < 4.78 is 42.9. The van der Waals surface area contributed by atoms with E-state index in [1.807, 2.05) is 0 Å². The van der Waals surface area contributed by atoms with Crippen LogP contribution in [0.4, 0.5) is 18.0 Å². The van der Waals surface area contributed by atoms with Crippen molar-refractivity contribution in [2.24, 2.45) is 11.7 Å². The standard InChI is InChI=1S/C18H23F3N2O3/c1-17(2,26-16(22)25)11-12-7-9-23(10-8-12)15(24)13-3-5-14(6-4-13)18(19,20)21/h3-6,12H,7-11H2,1-2H3,(H2,22,25). The minimum absolute atomic E-state index is 0.244. The van der Waals surface area contributed by atoms with E-state index in [-0.39, 0.29) is 17.4 Å². The van der Waals surface area contributed by atoms with Gasteiger partial charge in [0.1, 0.15) is 5.60 Å². The number of hydrogen-bond acceptors (Lipinski definition) is 3. The summed E-state index contributed by atoms with van der Waals surface area (Å²) in [7, 11) is 0. The van der Waals surface area contributed by atoms with Crippen molar-refractivity contribution in [2.75, 3.05) is 13.1 Å². The molecule has 0 spiro atoms. The van der Waals surface area contributed by atoms with E-state index < -0.39 is 23.4 Å². The molecule has 8 heteroatoms. The van der Waals surface area contributed by atoms with Crippen LogP contribution in [0.3, 0.4) is 0 Å². The number of rotatable bonds is 4. The lowest BCUT2D eigenvalue weighted by atomic mass is 9.86. The SMILES string of the molecule is CC(C)(CC1CCN(C(=O)c2ccc(C(F)(F)F)cc2)CC1)OC(N)=O. The smallest absolute Gasteiger partial charge is 0.416 e. The molecule has 1 fully saturated rings. The number of nitrogens with zero attached hydrogens (tertiary/aromatic N) is 1. The number of likely N-dealkylation sites (tertiary alicyclic amines) is 1.